The van der Waals surface area contributed by atoms with Gasteiger partial charge in [0.15, 0.2) is 0 Å². The second kappa shape index (κ2) is 8.60. The van der Waals surface area contributed by atoms with Gasteiger partial charge in [-0.05, 0) is 47.7 Å². The Balaban J connectivity index is 2.50. The van der Waals surface area contributed by atoms with Crippen LogP contribution in [0.1, 0.15) is 73.1 Å². The van der Waals surface area contributed by atoms with Crippen LogP contribution in [0.5, 0.6) is 0 Å². The largest absolute Gasteiger partial charge is 0.179 e. The first-order valence-electron chi connectivity index (χ1n) is 8.62. The molecule has 19 heavy (non-hydrogen) atoms. The molecule has 1 saturated carbocycles. The van der Waals surface area contributed by atoms with Crippen LogP contribution >= 0.6 is 12.6 Å². The van der Waals surface area contributed by atoms with Crippen molar-refractivity contribution in [3.63, 3.8) is 0 Å². The first-order chi connectivity index (χ1) is 9.01. The molecule has 1 rings (SSSR count). The Hall–Kier alpha value is 0.350. The smallest absolute Gasteiger partial charge is 0.00666 e. The van der Waals surface area contributed by atoms with E-state index in [1.165, 1.54) is 38.5 Å². The molecule has 0 nitrogen and oxygen atoms in total. The van der Waals surface area contributed by atoms with Crippen molar-refractivity contribution in [3.05, 3.63) is 0 Å². The summed E-state index contributed by atoms with van der Waals surface area (Å²) in [6, 6.07) is 0. The normalized spacial score (nSPS) is 22.9. The highest BCUT2D eigenvalue weighted by atomic mass is 32.1. The van der Waals surface area contributed by atoms with Gasteiger partial charge < -0.3 is 0 Å². The molecule has 0 radical (unpaired) electrons. The maximum atomic E-state index is 4.68. The molecule has 0 bridgehead atoms. The summed E-state index contributed by atoms with van der Waals surface area (Å²) in [6.07, 6.45) is 8.55. The van der Waals surface area contributed by atoms with Gasteiger partial charge in [-0.2, -0.15) is 12.6 Å². The van der Waals surface area contributed by atoms with Crippen LogP contribution < -0.4 is 0 Å². The topological polar surface area (TPSA) is 0 Å². The number of hydrogen-bond acceptors (Lipinski definition) is 1. The zero-order chi connectivity index (χ0) is 14.4. The fourth-order valence-corrected chi connectivity index (χ4v) is 4.29. The standard InChI is InChI=1S/C18H36S/c1-6-14(4)15(5)10-11-17(12-19)18(13(2)3)16-8-7-9-16/h13-19H,6-12H2,1-5H3. The Morgan fingerprint density at radius 2 is 1.63 bits per heavy atom. The van der Waals surface area contributed by atoms with Crippen molar-refractivity contribution in [2.45, 2.75) is 73.1 Å². The molecular weight excluding hydrogens is 248 g/mol. The number of rotatable bonds is 9. The van der Waals surface area contributed by atoms with E-state index in [9.17, 15) is 0 Å². The van der Waals surface area contributed by atoms with Crippen molar-refractivity contribution in [1.82, 2.24) is 0 Å². The molecule has 114 valence electrons. The average Bonchev–Trinajstić information content (AvgIpc) is 2.34. The number of hydrogen-bond donors (Lipinski definition) is 1. The molecule has 0 N–H and O–H groups in total. The van der Waals surface area contributed by atoms with Gasteiger partial charge >= 0.3 is 0 Å². The van der Waals surface area contributed by atoms with Gasteiger partial charge in [0, 0.05) is 0 Å². The molecule has 0 aliphatic heterocycles. The van der Waals surface area contributed by atoms with Crippen LogP contribution in [0.25, 0.3) is 0 Å². The molecule has 0 spiro atoms. The van der Waals surface area contributed by atoms with Crippen molar-refractivity contribution < 1.29 is 0 Å². The molecular formula is C18H36S. The monoisotopic (exact) mass is 284 g/mol. The summed E-state index contributed by atoms with van der Waals surface area (Å²) in [5, 5.41) is 0. The van der Waals surface area contributed by atoms with Crippen LogP contribution in [0.3, 0.4) is 0 Å². The second-order valence-corrected chi connectivity index (χ2v) is 7.76. The Morgan fingerprint density at radius 1 is 1.00 bits per heavy atom. The molecule has 0 aromatic rings. The van der Waals surface area contributed by atoms with Crippen molar-refractivity contribution >= 4 is 12.6 Å². The fourth-order valence-electron chi connectivity index (χ4n) is 3.87. The molecule has 0 heterocycles. The van der Waals surface area contributed by atoms with Crippen LogP contribution in [0.15, 0.2) is 0 Å². The van der Waals surface area contributed by atoms with E-state index in [0.29, 0.717) is 0 Å². The lowest BCUT2D eigenvalue weighted by Crippen LogP contribution is -2.33. The molecule has 1 heteroatoms. The maximum Gasteiger partial charge on any atom is -0.00666 e. The SMILES string of the molecule is CCC(C)C(C)CCC(CS)C(C(C)C)C1CCC1. The molecule has 1 aliphatic rings. The predicted octanol–water partition coefficient (Wildman–Crippen LogP) is 6.07. The van der Waals surface area contributed by atoms with E-state index >= 15 is 0 Å². The summed E-state index contributed by atoms with van der Waals surface area (Å²) in [7, 11) is 0. The Kier molecular flexibility index (Phi) is 7.87. The molecule has 0 aromatic carbocycles. The summed E-state index contributed by atoms with van der Waals surface area (Å²) in [4.78, 5) is 0. The van der Waals surface area contributed by atoms with E-state index in [4.69, 9.17) is 0 Å². The molecule has 4 unspecified atom stereocenters. The van der Waals surface area contributed by atoms with Crippen molar-refractivity contribution in [2.75, 3.05) is 5.75 Å². The Morgan fingerprint density at radius 3 is 2.00 bits per heavy atom. The third kappa shape index (κ3) is 4.99. The lowest BCUT2D eigenvalue weighted by atomic mass is 9.65. The molecule has 0 amide bonds. The van der Waals surface area contributed by atoms with E-state index in [2.05, 4.69) is 47.2 Å². The minimum atomic E-state index is 0.835. The Labute approximate surface area is 127 Å². The van der Waals surface area contributed by atoms with Crippen molar-refractivity contribution in [3.8, 4) is 0 Å². The lowest BCUT2D eigenvalue weighted by molar-refractivity contribution is 0.0999. The molecule has 1 aliphatic carbocycles. The minimum Gasteiger partial charge on any atom is -0.179 e. The fraction of sp³-hybridized carbons (Fsp3) is 1.00. The van der Waals surface area contributed by atoms with Crippen LogP contribution in [0, 0.1) is 35.5 Å². The Bertz CT molecular complexity index is 232. The summed E-state index contributed by atoms with van der Waals surface area (Å²) < 4.78 is 0. The van der Waals surface area contributed by atoms with Crippen molar-refractivity contribution in [1.29, 1.82) is 0 Å². The summed E-state index contributed by atoms with van der Waals surface area (Å²) in [5.41, 5.74) is 0. The highest BCUT2D eigenvalue weighted by molar-refractivity contribution is 7.80. The maximum absolute atomic E-state index is 4.68. The lowest BCUT2D eigenvalue weighted by Gasteiger charge is -2.41. The highest BCUT2D eigenvalue weighted by Crippen LogP contribution is 2.43. The van der Waals surface area contributed by atoms with E-state index in [-0.39, 0.29) is 0 Å². The summed E-state index contributed by atoms with van der Waals surface area (Å²) in [5.74, 6) is 6.46. The quantitative estimate of drug-likeness (QED) is 0.488. The average molecular weight is 285 g/mol. The van der Waals surface area contributed by atoms with E-state index in [1.54, 1.807) is 0 Å². The summed E-state index contributed by atoms with van der Waals surface area (Å²) >= 11 is 4.68. The van der Waals surface area contributed by atoms with Gasteiger partial charge in [0.2, 0.25) is 0 Å². The molecule has 0 saturated heterocycles. The van der Waals surface area contributed by atoms with Gasteiger partial charge in [0.1, 0.15) is 0 Å². The highest BCUT2D eigenvalue weighted by Gasteiger charge is 2.34. The molecule has 0 aromatic heterocycles. The third-order valence-electron chi connectivity index (χ3n) is 5.85. The van der Waals surface area contributed by atoms with Gasteiger partial charge in [0.05, 0.1) is 0 Å². The first kappa shape index (κ1) is 17.4. The van der Waals surface area contributed by atoms with Crippen molar-refractivity contribution in [2.24, 2.45) is 35.5 Å². The van der Waals surface area contributed by atoms with Crippen LogP contribution in [-0.4, -0.2) is 5.75 Å². The second-order valence-electron chi connectivity index (χ2n) is 7.40. The minimum absolute atomic E-state index is 0.835. The third-order valence-corrected chi connectivity index (χ3v) is 6.32. The summed E-state index contributed by atoms with van der Waals surface area (Å²) in [6.45, 7) is 12.0. The van der Waals surface area contributed by atoms with Gasteiger partial charge in [-0.15, -0.1) is 0 Å². The molecule has 1 fully saturated rings. The van der Waals surface area contributed by atoms with Gasteiger partial charge in [0.25, 0.3) is 0 Å². The zero-order valence-electron chi connectivity index (χ0n) is 13.9. The van der Waals surface area contributed by atoms with Gasteiger partial charge in [-0.3, -0.25) is 0 Å². The first-order valence-corrected chi connectivity index (χ1v) is 9.25. The van der Waals surface area contributed by atoms with E-state index in [0.717, 1.165) is 41.3 Å². The van der Waals surface area contributed by atoms with Crippen LogP contribution in [0.4, 0.5) is 0 Å². The van der Waals surface area contributed by atoms with E-state index in [1.807, 2.05) is 0 Å². The zero-order valence-corrected chi connectivity index (χ0v) is 14.8. The van der Waals surface area contributed by atoms with Gasteiger partial charge in [-0.1, -0.05) is 66.7 Å². The predicted molar refractivity (Wildman–Crippen MR) is 90.9 cm³/mol. The van der Waals surface area contributed by atoms with Crippen LogP contribution in [0.2, 0.25) is 0 Å². The molecule has 4 atom stereocenters. The number of thiol groups is 1. The van der Waals surface area contributed by atoms with Crippen LogP contribution in [-0.2, 0) is 0 Å². The van der Waals surface area contributed by atoms with E-state index < -0.39 is 0 Å². The van der Waals surface area contributed by atoms with Gasteiger partial charge in [-0.25, -0.2) is 0 Å².